The summed E-state index contributed by atoms with van der Waals surface area (Å²) < 4.78 is 25.7. The van der Waals surface area contributed by atoms with Gasteiger partial charge in [0.1, 0.15) is 4.91 Å². The maximum atomic E-state index is 12.9. The average molecular weight is 633 g/mol. The number of allylic oxidation sites excluding steroid dienone is 1. The SMILES string of the molecule is CN=CC(=CN)S(=O)(=O)c1ccc(N2CC(CN3CCC(C4([C@H]5CCC[C@@H]5NC(C)=O)CNCc5ccccc54)CC3)C2)cc1. The first-order valence-electron chi connectivity index (χ1n) is 16.5. The lowest BCUT2D eigenvalue weighted by molar-refractivity contribution is -0.120. The summed E-state index contributed by atoms with van der Waals surface area (Å²) in [5.41, 5.74) is 9.57. The largest absolute Gasteiger partial charge is 0.403 e. The van der Waals surface area contributed by atoms with Gasteiger partial charge in [-0.1, -0.05) is 30.7 Å². The van der Waals surface area contributed by atoms with E-state index < -0.39 is 9.84 Å². The molecule has 4 aliphatic rings. The Kier molecular flexibility index (Phi) is 9.36. The van der Waals surface area contributed by atoms with Crippen molar-refractivity contribution in [2.75, 3.05) is 51.2 Å². The summed E-state index contributed by atoms with van der Waals surface area (Å²) in [5, 5.41) is 7.16. The minimum absolute atomic E-state index is 0.00352. The molecule has 2 saturated heterocycles. The number of piperidine rings is 1. The molecule has 3 atom stereocenters. The molecule has 0 aromatic heterocycles. The van der Waals surface area contributed by atoms with Gasteiger partial charge in [0.2, 0.25) is 15.7 Å². The van der Waals surface area contributed by atoms with Gasteiger partial charge in [0, 0.05) is 82.2 Å². The standard InChI is InChI=1S/C35H48N6O3S/c1-25(42)39-34-9-5-8-33(34)35(24-38-19-27-6-3-4-7-32(27)35)28-14-16-40(17-15-28)21-26-22-41(23-26)29-10-12-30(13-11-29)45(43,44)31(18-36)20-37-2/h3-4,6-7,10-13,18,20,26,28,33-34,38H,5,8-9,14-17,19,21-24,36H2,1-2H3,(H,39,42)/t33-,34-,35?/m0/s1. The van der Waals surface area contributed by atoms with Gasteiger partial charge in [-0.3, -0.25) is 9.79 Å². The number of anilines is 1. The van der Waals surface area contributed by atoms with E-state index in [1.165, 1.54) is 50.1 Å². The first-order valence-corrected chi connectivity index (χ1v) is 18.0. The van der Waals surface area contributed by atoms with Crippen LogP contribution in [-0.4, -0.2) is 77.8 Å². The second-order valence-corrected chi connectivity index (χ2v) is 15.4. The maximum absolute atomic E-state index is 12.9. The number of carbonyl (C=O) groups excluding carboxylic acids is 1. The number of rotatable bonds is 9. The molecule has 2 aromatic rings. The zero-order valence-corrected chi connectivity index (χ0v) is 27.4. The lowest BCUT2D eigenvalue weighted by Gasteiger charge is -2.53. The van der Waals surface area contributed by atoms with Gasteiger partial charge >= 0.3 is 0 Å². The molecule has 9 nitrogen and oxygen atoms in total. The third kappa shape index (κ3) is 6.16. The van der Waals surface area contributed by atoms with Crippen molar-refractivity contribution in [2.45, 2.75) is 61.9 Å². The molecule has 6 rings (SSSR count). The van der Waals surface area contributed by atoms with Gasteiger partial charge in [-0.15, -0.1) is 0 Å². The highest BCUT2D eigenvalue weighted by atomic mass is 32.2. The molecular weight excluding hydrogens is 584 g/mol. The van der Waals surface area contributed by atoms with Gasteiger partial charge in [-0.2, -0.15) is 0 Å². The van der Waals surface area contributed by atoms with Crippen LogP contribution in [-0.2, 0) is 26.6 Å². The Hall–Kier alpha value is -3.21. The Bertz CT molecular complexity index is 1530. The van der Waals surface area contributed by atoms with Crippen LogP contribution in [0.4, 0.5) is 5.69 Å². The molecular formula is C35H48N6O3S. The van der Waals surface area contributed by atoms with Crippen molar-refractivity contribution in [2.24, 2.45) is 28.5 Å². The molecule has 0 radical (unpaired) electrons. The zero-order chi connectivity index (χ0) is 31.6. The van der Waals surface area contributed by atoms with E-state index in [9.17, 15) is 13.2 Å². The number of fused-ring (bicyclic) bond motifs is 1. The minimum atomic E-state index is -3.68. The molecule has 3 fully saturated rings. The molecule has 2 aromatic carbocycles. The minimum Gasteiger partial charge on any atom is -0.403 e. The Labute approximate surface area is 268 Å². The summed E-state index contributed by atoms with van der Waals surface area (Å²) in [7, 11) is -2.16. The fraction of sp³-hybridized carbons (Fsp3) is 0.543. The van der Waals surface area contributed by atoms with Crippen LogP contribution in [0.25, 0.3) is 0 Å². The normalized spacial score (nSPS) is 27.0. The van der Waals surface area contributed by atoms with E-state index in [1.807, 2.05) is 12.1 Å². The van der Waals surface area contributed by atoms with Crippen molar-refractivity contribution in [3.63, 3.8) is 0 Å². The Morgan fingerprint density at radius 2 is 1.82 bits per heavy atom. The van der Waals surface area contributed by atoms with Crippen LogP contribution in [0.2, 0.25) is 0 Å². The van der Waals surface area contributed by atoms with Crippen molar-refractivity contribution in [3.05, 3.63) is 70.8 Å². The molecule has 1 unspecified atom stereocenters. The van der Waals surface area contributed by atoms with E-state index in [2.05, 4.69) is 49.7 Å². The monoisotopic (exact) mass is 632 g/mol. The molecule has 0 bridgehead atoms. The van der Waals surface area contributed by atoms with Gasteiger partial charge in [0.05, 0.1) is 4.90 Å². The highest BCUT2D eigenvalue weighted by Crippen LogP contribution is 2.52. The summed E-state index contributed by atoms with van der Waals surface area (Å²) in [6.45, 7) is 8.83. The summed E-state index contributed by atoms with van der Waals surface area (Å²) in [5.74, 6) is 1.71. The van der Waals surface area contributed by atoms with E-state index in [0.29, 0.717) is 17.8 Å². The molecule has 3 aliphatic heterocycles. The number of hydrogen-bond acceptors (Lipinski definition) is 8. The molecule has 45 heavy (non-hydrogen) atoms. The molecule has 242 valence electrons. The molecule has 1 amide bonds. The molecule has 1 aliphatic carbocycles. The highest BCUT2D eigenvalue weighted by molar-refractivity contribution is 7.96. The molecule has 10 heteroatoms. The fourth-order valence-electron chi connectivity index (χ4n) is 8.83. The number of amides is 1. The van der Waals surface area contributed by atoms with E-state index in [-0.39, 0.29) is 27.2 Å². The second kappa shape index (κ2) is 13.3. The smallest absolute Gasteiger partial charge is 0.217 e. The number of nitrogens with one attached hydrogen (secondary N) is 2. The summed E-state index contributed by atoms with van der Waals surface area (Å²) in [6, 6.07) is 16.4. The van der Waals surface area contributed by atoms with Gasteiger partial charge in [0.25, 0.3) is 0 Å². The van der Waals surface area contributed by atoms with Crippen molar-refractivity contribution >= 4 is 27.6 Å². The third-order valence-corrected chi connectivity index (χ3v) is 12.6. The van der Waals surface area contributed by atoms with E-state index in [0.717, 1.165) is 64.1 Å². The van der Waals surface area contributed by atoms with Crippen LogP contribution in [0.3, 0.4) is 0 Å². The maximum Gasteiger partial charge on any atom is 0.217 e. The van der Waals surface area contributed by atoms with Crippen molar-refractivity contribution in [1.82, 2.24) is 15.5 Å². The number of benzene rings is 2. The predicted octanol–water partition coefficient (Wildman–Crippen LogP) is 3.46. The number of nitrogens with two attached hydrogens (primary N) is 1. The number of hydrogen-bond donors (Lipinski definition) is 3. The molecule has 1 saturated carbocycles. The van der Waals surface area contributed by atoms with Gasteiger partial charge in [-0.05, 0) is 86.0 Å². The molecule has 0 spiro atoms. The van der Waals surface area contributed by atoms with E-state index in [4.69, 9.17) is 5.73 Å². The number of nitrogens with zero attached hydrogens (tertiary/aromatic N) is 3. The van der Waals surface area contributed by atoms with Crippen molar-refractivity contribution in [1.29, 1.82) is 0 Å². The number of aliphatic imine (C=N–C) groups is 1. The van der Waals surface area contributed by atoms with E-state index in [1.54, 1.807) is 19.1 Å². The number of likely N-dealkylation sites (tertiary alicyclic amines) is 1. The first kappa shape index (κ1) is 31.8. The van der Waals surface area contributed by atoms with Gasteiger partial charge < -0.3 is 26.2 Å². The lowest BCUT2D eigenvalue weighted by atomic mass is 9.56. The van der Waals surface area contributed by atoms with Crippen LogP contribution < -0.4 is 21.3 Å². The topological polar surface area (TPSA) is 120 Å². The summed E-state index contributed by atoms with van der Waals surface area (Å²) >= 11 is 0. The quantitative estimate of drug-likeness (QED) is 0.363. The lowest BCUT2D eigenvalue weighted by Crippen LogP contribution is -2.59. The van der Waals surface area contributed by atoms with Crippen molar-refractivity contribution < 1.29 is 13.2 Å². The summed E-state index contributed by atoms with van der Waals surface area (Å²) in [4.78, 5) is 21.2. The van der Waals surface area contributed by atoms with Crippen LogP contribution in [0.15, 0.2) is 69.5 Å². The Morgan fingerprint density at radius 1 is 1.09 bits per heavy atom. The van der Waals surface area contributed by atoms with E-state index >= 15 is 0 Å². The van der Waals surface area contributed by atoms with Gasteiger partial charge in [-0.25, -0.2) is 8.42 Å². The highest BCUT2D eigenvalue weighted by Gasteiger charge is 2.53. The van der Waals surface area contributed by atoms with Crippen LogP contribution >= 0.6 is 0 Å². The van der Waals surface area contributed by atoms with Crippen LogP contribution in [0.5, 0.6) is 0 Å². The fourth-order valence-corrected chi connectivity index (χ4v) is 10.0. The summed E-state index contributed by atoms with van der Waals surface area (Å²) in [6.07, 6.45) is 8.12. The van der Waals surface area contributed by atoms with Crippen molar-refractivity contribution in [3.8, 4) is 0 Å². The van der Waals surface area contributed by atoms with Gasteiger partial charge in [0.15, 0.2) is 0 Å². The average Bonchev–Trinajstić information content (AvgIpc) is 3.49. The molecule has 4 N–H and O–H groups in total. The predicted molar refractivity (Wildman–Crippen MR) is 180 cm³/mol. The second-order valence-electron chi connectivity index (χ2n) is 13.4. The molecule has 3 heterocycles. The number of carbonyl (C=O) groups is 1. The Morgan fingerprint density at radius 3 is 2.51 bits per heavy atom. The Balaban J connectivity index is 1.08. The van der Waals surface area contributed by atoms with Crippen LogP contribution in [0, 0.1) is 17.8 Å². The first-order chi connectivity index (χ1) is 21.8. The van der Waals surface area contributed by atoms with Crippen LogP contribution in [0.1, 0.15) is 50.2 Å². The zero-order valence-electron chi connectivity index (χ0n) is 26.6. The number of sulfone groups is 1. The third-order valence-electron chi connectivity index (χ3n) is 10.9.